The number of nitrogen functional groups attached to an aromatic ring is 1. The lowest BCUT2D eigenvalue weighted by molar-refractivity contribution is -0.155. The van der Waals surface area contributed by atoms with E-state index in [1.54, 1.807) is 28.9 Å². The summed E-state index contributed by atoms with van der Waals surface area (Å²) in [5.41, 5.74) is 5.58. The van der Waals surface area contributed by atoms with Crippen molar-refractivity contribution in [3.05, 3.63) is 44.7 Å². The van der Waals surface area contributed by atoms with Crippen molar-refractivity contribution in [3.63, 3.8) is 0 Å². The number of thiazole rings is 1. The van der Waals surface area contributed by atoms with Crippen LogP contribution in [0.25, 0.3) is 0 Å². The van der Waals surface area contributed by atoms with Gasteiger partial charge in [0.25, 0.3) is 11.8 Å². The van der Waals surface area contributed by atoms with Crippen LogP contribution in [0.3, 0.4) is 0 Å². The van der Waals surface area contributed by atoms with Gasteiger partial charge < -0.3 is 30.6 Å². The summed E-state index contributed by atoms with van der Waals surface area (Å²) in [6.45, 7) is 6.71. The van der Waals surface area contributed by atoms with E-state index in [9.17, 15) is 24.3 Å². The van der Waals surface area contributed by atoms with Gasteiger partial charge >= 0.3 is 12.1 Å². The van der Waals surface area contributed by atoms with Crippen molar-refractivity contribution in [1.29, 1.82) is 0 Å². The smallest absolute Gasteiger partial charge is 0.410 e. The number of carboxylic acid groups (broad SMARTS) is 1. The van der Waals surface area contributed by atoms with Gasteiger partial charge in [0.15, 0.2) is 10.8 Å². The molecule has 5 heterocycles. The second-order valence-corrected chi connectivity index (χ2v) is 15.9. The van der Waals surface area contributed by atoms with E-state index in [1.165, 1.54) is 23.8 Å². The van der Waals surface area contributed by atoms with Gasteiger partial charge in [-0.05, 0) is 52.2 Å². The van der Waals surface area contributed by atoms with Crippen LogP contribution < -0.4 is 11.1 Å². The van der Waals surface area contributed by atoms with Gasteiger partial charge in [0.2, 0.25) is 0 Å². The number of amides is 3. The van der Waals surface area contributed by atoms with Gasteiger partial charge in [0.05, 0.1) is 11.7 Å². The fourth-order valence-electron chi connectivity index (χ4n) is 5.39. The quantitative estimate of drug-likeness (QED) is 0.182. The summed E-state index contributed by atoms with van der Waals surface area (Å²) in [7, 11) is 1.25. The molecule has 3 aliphatic heterocycles. The van der Waals surface area contributed by atoms with E-state index in [-0.39, 0.29) is 37.9 Å². The maximum atomic E-state index is 13.3. The Balaban J connectivity index is 1.25. The van der Waals surface area contributed by atoms with Crippen molar-refractivity contribution in [2.75, 3.05) is 25.9 Å². The Kier molecular flexibility index (Phi) is 10.6. The number of β-lactam (4-membered cyclic amide) rings is 1. The summed E-state index contributed by atoms with van der Waals surface area (Å²) in [5, 5.41) is 16.9. The minimum absolute atomic E-state index is 0.0179. The molecule has 5 rings (SSSR count). The molecule has 0 bridgehead atoms. The fourth-order valence-corrected chi connectivity index (χ4v) is 8.75. The third-order valence-corrected chi connectivity index (χ3v) is 11.1. The molecule has 3 unspecified atom stereocenters. The highest BCUT2D eigenvalue weighted by molar-refractivity contribution is 8.03. The number of fused-ring (bicyclic) bond motifs is 1. The molecular formula is C29H34ClN7O7S3. The number of halogens is 1. The van der Waals surface area contributed by atoms with E-state index < -0.39 is 35.5 Å². The summed E-state index contributed by atoms with van der Waals surface area (Å²) in [6, 6.07) is 2.12. The number of oxime groups is 1. The summed E-state index contributed by atoms with van der Waals surface area (Å²) in [6.07, 6.45) is 2.98. The normalized spacial score (nSPS) is 21.3. The molecule has 2 fully saturated rings. The number of pyridine rings is 1. The van der Waals surface area contributed by atoms with Crippen LogP contribution in [0, 0.1) is 0 Å². The first-order valence-corrected chi connectivity index (χ1v) is 17.7. The average Bonchev–Trinajstić information content (AvgIpc) is 3.62. The summed E-state index contributed by atoms with van der Waals surface area (Å²) >= 11 is 10.1. The number of nitrogens with two attached hydrogens (primary N) is 1. The van der Waals surface area contributed by atoms with Crippen molar-refractivity contribution in [2.45, 2.75) is 73.6 Å². The van der Waals surface area contributed by atoms with Gasteiger partial charge in [-0.15, -0.1) is 0 Å². The number of carboxylic acids is 1. The SMILES string of the molecule is CON=C(C(=O)NC1C(=O)N2C(C(=O)O)=C(Sc3cccnc3CSC3CCN(C(=O)OC(C)(C)C)C3)CCC12)c1nc(N)sc1Cl. The number of carbonyl (C=O) groups excluding carboxylic acids is 3. The van der Waals surface area contributed by atoms with Crippen LogP contribution in [0.4, 0.5) is 9.93 Å². The number of aromatic nitrogens is 2. The number of likely N-dealkylation sites (tertiary alicyclic amines) is 1. The van der Waals surface area contributed by atoms with E-state index in [2.05, 4.69) is 20.4 Å². The first kappa shape index (κ1) is 34.8. The number of ether oxygens (including phenoxy) is 1. The number of allylic oxidation sites excluding steroid dienone is 1. The molecule has 2 aromatic rings. The van der Waals surface area contributed by atoms with Crippen LogP contribution in [-0.4, -0.2) is 97.6 Å². The average molecular weight is 724 g/mol. The molecule has 3 aliphatic rings. The Labute approximate surface area is 288 Å². The fraction of sp³-hybridized carbons (Fsp3) is 0.483. The highest BCUT2D eigenvalue weighted by atomic mass is 35.5. The maximum absolute atomic E-state index is 13.3. The molecular weight excluding hydrogens is 690 g/mol. The minimum Gasteiger partial charge on any atom is -0.477 e. The number of nitrogens with one attached hydrogen (secondary N) is 1. The van der Waals surface area contributed by atoms with Crippen molar-refractivity contribution < 1.29 is 33.9 Å². The van der Waals surface area contributed by atoms with E-state index in [0.717, 1.165) is 28.3 Å². The van der Waals surface area contributed by atoms with E-state index in [1.807, 2.05) is 26.8 Å². The van der Waals surface area contributed by atoms with E-state index in [0.29, 0.717) is 36.6 Å². The van der Waals surface area contributed by atoms with Gasteiger partial charge in [-0.25, -0.2) is 14.6 Å². The van der Waals surface area contributed by atoms with Crippen LogP contribution in [0.1, 0.15) is 51.4 Å². The van der Waals surface area contributed by atoms with Gasteiger partial charge in [-0.3, -0.25) is 19.5 Å². The largest absolute Gasteiger partial charge is 0.477 e. The van der Waals surface area contributed by atoms with Gasteiger partial charge in [-0.2, -0.15) is 11.8 Å². The first-order chi connectivity index (χ1) is 22.3. The number of rotatable bonds is 10. The lowest BCUT2D eigenvalue weighted by Crippen LogP contribution is -2.72. The zero-order valence-electron chi connectivity index (χ0n) is 26.0. The van der Waals surface area contributed by atoms with Crippen molar-refractivity contribution in [2.24, 2.45) is 5.16 Å². The third-order valence-electron chi connectivity index (χ3n) is 7.44. The molecule has 0 aliphatic carbocycles. The summed E-state index contributed by atoms with van der Waals surface area (Å²) in [4.78, 5) is 69.1. The second kappa shape index (κ2) is 14.3. The monoisotopic (exact) mass is 723 g/mol. The molecule has 3 atom stereocenters. The van der Waals surface area contributed by atoms with Gasteiger partial charge in [0, 0.05) is 40.1 Å². The number of hydrogen-bond donors (Lipinski definition) is 3. The molecule has 18 heteroatoms. The van der Waals surface area contributed by atoms with Crippen LogP contribution in [0.15, 0.2) is 39.0 Å². The second-order valence-electron chi connectivity index (χ2n) is 11.8. The van der Waals surface area contributed by atoms with Gasteiger partial charge in [0.1, 0.15) is 34.5 Å². The summed E-state index contributed by atoms with van der Waals surface area (Å²) in [5.74, 6) is -2.00. The van der Waals surface area contributed by atoms with Crippen molar-refractivity contribution in [3.8, 4) is 0 Å². The molecule has 2 saturated heterocycles. The maximum Gasteiger partial charge on any atom is 0.410 e. The highest BCUT2D eigenvalue weighted by Crippen LogP contribution is 2.44. The molecule has 0 saturated carbocycles. The third kappa shape index (κ3) is 7.79. The first-order valence-electron chi connectivity index (χ1n) is 14.6. The Hall–Kier alpha value is -3.54. The van der Waals surface area contributed by atoms with Crippen LogP contribution in [0.2, 0.25) is 4.34 Å². The number of thioether (sulfide) groups is 2. The molecule has 0 spiro atoms. The van der Waals surface area contributed by atoms with Crippen LogP contribution in [-0.2, 0) is 29.7 Å². The molecule has 2 aromatic heterocycles. The Morgan fingerprint density at radius 1 is 1.30 bits per heavy atom. The Morgan fingerprint density at radius 2 is 2.06 bits per heavy atom. The van der Waals surface area contributed by atoms with Gasteiger partial charge in [-0.1, -0.05) is 39.9 Å². The zero-order valence-corrected chi connectivity index (χ0v) is 29.2. The molecule has 47 heavy (non-hydrogen) atoms. The summed E-state index contributed by atoms with van der Waals surface area (Å²) < 4.78 is 5.63. The molecule has 0 aromatic carbocycles. The molecule has 252 valence electrons. The van der Waals surface area contributed by atoms with Crippen LogP contribution >= 0.6 is 46.5 Å². The zero-order chi connectivity index (χ0) is 34.0. The number of nitrogens with zero attached hydrogens (tertiary/aromatic N) is 5. The topological polar surface area (TPSA) is 190 Å². The predicted octanol–water partition coefficient (Wildman–Crippen LogP) is 3.94. The predicted molar refractivity (Wildman–Crippen MR) is 179 cm³/mol. The minimum atomic E-state index is -1.24. The lowest BCUT2D eigenvalue weighted by Gasteiger charge is -2.50. The molecule has 0 radical (unpaired) electrons. The van der Waals surface area contributed by atoms with Crippen molar-refractivity contribution in [1.82, 2.24) is 25.1 Å². The molecule has 4 N–H and O–H groups in total. The highest BCUT2D eigenvalue weighted by Gasteiger charge is 2.54. The van der Waals surface area contributed by atoms with E-state index in [4.69, 9.17) is 26.9 Å². The lowest BCUT2D eigenvalue weighted by atomic mass is 9.86. The number of hydrogen-bond acceptors (Lipinski definition) is 13. The Bertz CT molecular complexity index is 1640. The van der Waals surface area contributed by atoms with Crippen molar-refractivity contribution >= 4 is 81.2 Å². The molecule has 14 nitrogen and oxygen atoms in total. The number of aliphatic carboxylic acids is 1. The number of anilines is 1. The van der Waals surface area contributed by atoms with Crippen LogP contribution in [0.5, 0.6) is 0 Å². The number of carbonyl (C=O) groups is 4. The molecule has 3 amide bonds. The standard InChI is InChI=1S/C29H34ClN7O7S3/c1-29(2,3)44-28(42)36-11-9-14(12-36)45-13-15-17(6-5-10-32-15)46-18-8-7-16-19(25(39)37(16)22(18)26(40)41)33-24(38)21(35-43-4)20-23(30)47-27(31)34-20/h5-6,10,14,16,19H,7-9,11-13H2,1-4H3,(H2,31,34)(H,33,38)(H,40,41). The Morgan fingerprint density at radius 3 is 2.72 bits per heavy atom. The van der Waals surface area contributed by atoms with E-state index >= 15 is 0 Å².